The molecule has 150 valence electrons. The summed E-state index contributed by atoms with van der Waals surface area (Å²) in [6.07, 6.45) is 3.21. The number of hydrogen-bond donors (Lipinski definition) is 2. The minimum Gasteiger partial charge on any atom is -0.506 e. The van der Waals surface area contributed by atoms with Crippen molar-refractivity contribution in [2.75, 3.05) is 21.9 Å². The molecule has 10 heteroatoms. The van der Waals surface area contributed by atoms with Crippen LogP contribution in [0.2, 0.25) is 0 Å². The number of phenols is 1. The smallest absolute Gasteiger partial charge is 0.270 e. The van der Waals surface area contributed by atoms with Gasteiger partial charge >= 0.3 is 0 Å². The number of pyridine rings is 1. The van der Waals surface area contributed by atoms with Crippen molar-refractivity contribution in [3.63, 3.8) is 0 Å². The Kier molecular flexibility index (Phi) is 4.50. The van der Waals surface area contributed by atoms with Crippen LogP contribution in [-0.4, -0.2) is 41.1 Å². The number of rotatable bonds is 3. The molecule has 29 heavy (non-hydrogen) atoms. The molecule has 0 saturated carbocycles. The number of aryl methyl sites for hydroxylation is 1. The van der Waals surface area contributed by atoms with Crippen molar-refractivity contribution in [3.05, 3.63) is 64.2 Å². The zero-order valence-corrected chi connectivity index (χ0v) is 16.3. The van der Waals surface area contributed by atoms with Crippen molar-refractivity contribution < 1.29 is 18.3 Å². The van der Waals surface area contributed by atoms with Gasteiger partial charge in [-0.05, 0) is 43.2 Å². The van der Waals surface area contributed by atoms with Gasteiger partial charge in [0.25, 0.3) is 11.5 Å². The molecule has 9 nitrogen and oxygen atoms in total. The SMILES string of the molecule is Cc1cccn2c(=O)c(C(=O)Nc3cc(N4CCCS4(=O)=O)ccc3O)cnc12. The number of amides is 1. The van der Waals surface area contributed by atoms with E-state index in [0.717, 1.165) is 5.56 Å². The van der Waals surface area contributed by atoms with E-state index in [2.05, 4.69) is 10.3 Å². The van der Waals surface area contributed by atoms with E-state index in [1.807, 2.05) is 0 Å². The third-order valence-corrected chi connectivity index (χ3v) is 6.66. The Balaban J connectivity index is 1.69. The summed E-state index contributed by atoms with van der Waals surface area (Å²) in [5, 5.41) is 12.6. The summed E-state index contributed by atoms with van der Waals surface area (Å²) in [7, 11) is -3.41. The molecular weight excluding hydrogens is 396 g/mol. The van der Waals surface area contributed by atoms with Gasteiger partial charge in [0.15, 0.2) is 0 Å². The van der Waals surface area contributed by atoms with E-state index in [1.165, 1.54) is 39.3 Å². The summed E-state index contributed by atoms with van der Waals surface area (Å²) in [5.41, 5.74) is 0.815. The van der Waals surface area contributed by atoms with Crippen LogP contribution in [-0.2, 0) is 10.0 Å². The second kappa shape index (κ2) is 6.89. The van der Waals surface area contributed by atoms with Crippen LogP contribution < -0.4 is 15.2 Å². The largest absolute Gasteiger partial charge is 0.506 e. The summed E-state index contributed by atoms with van der Waals surface area (Å²) in [4.78, 5) is 29.5. The highest BCUT2D eigenvalue weighted by atomic mass is 32.2. The average Bonchev–Trinajstić information content (AvgIpc) is 3.03. The molecule has 1 fully saturated rings. The summed E-state index contributed by atoms with van der Waals surface area (Å²) in [6.45, 7) is 2.13. The van der Waals surface area contributed by atoms with Crippen LogP contribution >= 0.6 is 0 Å². The highest BCUT2D eigenvalue weighted by molar-refractivity contribution is 7.93. The molecule has 0 unspecified atom stereocenters. The summed E-state index contributed by atoms with van der Waals surface area (Å²) >= 11 is 0. The number of phenolic OH excluding ortho intramolecular Hbond substituents is 1. The van der Waals surface area contributed by atoms with Crippen LogP contribution in [0, 0.1) is 6.92 Å². The van der Waals surface area contributed by atoms with Gasteiger partial charge in [-0.15, -0.1) is 0 Å². The quantitative estimate of drug-likeness (QED) is 0.627. The molecule has 3 aromatic rings. The number of fused-ring (bicyclic) bond motifs is 1. The summed E-state index contributed by atoms with van der Waals surface area (Å²) in [5.74, 6) is -0.951. The predicted molar refractivity (Wildman–Crippen MR) is 108 cm³/mol. The molecular formula is C19H18N4O5S. The number of carbonyl (C=O) groups excluding carboxylic acids is 1. The van der Waals surface area contributed by atoms with E-state index < -0.39 is 21.5 Å². The number of carbonyl (C=O) groups is 1. The number of sulfonamides is 1. The van der Waals surface area contributed by atoms with E-state index >= 15 is 0 Å². The zero-order chi connectivity index (χ0) is 20.8. The molecule has 1 aliphatic heterocycles. The maximum Gasteiger partial charge on any atom is 0.270 e. The van der Waals surface area contributed by atoms with Crippen molar-refractivity contribution in [3.8, 4) is 5.75 Å². The first-order valence-electron chi connectivity index (χ1n) is 8.90. The van der Waals surface area contributed by atoms with Gasteiger partial charge < -0.3 is 10.4 Å². The first-order chi connectivity index (χ1) is 13.8. The standard InChI is InChI=1S/C19H18N4O5S/c1-12-4-2-7-22-17(12)20-11-14(19(22)26)18(25)21-15-10-13(5-6-16(15)24)23-8-3-9-29(23,27)28/h2,4-7,10-11,24H,3,8-9H2,1H3,(H,21,25). The van der Waals surface area contributed by atoms with E-state index in [4.69, 9.17) is 0 Å². The number of aromatic nitrogens is 2. The predicted octanol–water partition coefficient (Wildman–Crippen LogP) is 1.50. The number of anilines is 2. The Bertz CT molecular complexity index is 1300. The molecule has 1 aromatic carbocycles. The summed E-state index contributed by atoms with van der Waals surface area (Å²) in [6, 6.07) is 7.61. The highest BCUT2D eigenvalue weighted by Crippen LogP contribution is 2.32. The Hall–Kier alpha value is -3.40. The molecule has 1 saturated heterocycles. The van der Waals surface area contributed by atoms with Gasteiger partial charge in [-0.25, -0.2) is 13.4 Å². The van der Waals surface area contributed by atoms with Crippen molar-refractivity contribution in [1.82, 2.24) is 9.38 Å². The van der Waals surface area contributed by atoms with Crippen molar-refractivity contribution in [2.45, 2.75) is 13.3 Å². The van der Waals surface area contributed by atoms with E-state index in [-0.39, 0.29) is 22.8 Å². The van der Waals surface area contributed by atoms with E-state index in [0.29, 0.717) is 24.3 Å². The lowest BCUT2D eigenvalue weighted by molar-refractivity contribution is 0.102. The van der Waals surface area contributed by atoms with Gasteiger partial charge in [-0.1, -0.05) is 6.07 Å². The summed E-state index contributed by atoms with van der Waals surface area (Å²) < 4.78 is 26.8. The molecule has 3 heterocycles. The van der Waals surface area contributed by atoms with Crippen molar-refractivity contribution in [2.24, 2.45) is 0 Å². The van der Waals surface area contributed by atoms with Gasteiger partial charge in [-0.2, -0.15) is 0 Å². The third-order valence-electron chi connectivity index (χ3n) is 4.79. The molecule has 0 bridgehead atoms. The number of benzene rings is 1. The molecule has 0 atom stereocenters. The van der Waals surface area contributed by atoms with Gasteiger partial charge in [0.2, 0.25) is 10.0 Å². The molecule has 1 amide bonds. The van der Waals surface area contributed by atoms with Crippen molar-refractivity contribution in [1.29, 1.82) is 0 Å². The highest BCUT2D eigenvalue weighted by Gasteiger charge is 2.29. The van der Waals surface area contributed by atoms with Gasteiger partial charge in [0, 0.05) is 18.9 Å². The molecule has 0 aliphatic carbocycles. The van der Waals surface area contributed by atoms with E-state index in [1.54, 1.807) is 19.1 Å². The van der Waals surface area contributed by atoms with Crippen LogP contribution in [0.5, 0.6) is 5.75 Å². The second-order valence-corrected chi connectivity index (χ2v) is 8.77. The Morgan fingerprint density at radius 3 is 2.79 bits per heavy atom. The van der Waals surface area contributed by atoms with Crippen LogP contribution in [0.25, 0.3) is 5.65 Å². The second-order valence-electron chi connectivity index (χ2n) is 6.76. The minimum absolute atomic E-state index is 0.00309. The topological polar surface area (TPSA) is 121 Å². The van der Waals surface area contributed by atoms with Crippen molar-refractivity contribution >= 4 is 33.0 Å². The average molecular weight is 414 g/mol. The lowest BCUT2D eigenvalue weighted by Gasteiger charge is -2.18. The number of aromatic hydroxyl groups is 1. The number of nitrogens with zero attached hydrogens (tertiary/aromatic N) is 3. The molecule has 2 N–H and O–H groups in total. The Morgan fingerprint density at radius 2 is 2.07 bits per heavy atom. The molecule has 0 radical (unpaired) electrons. The lowest BCUT2D eigenvalue weighted by Crippen LogP contribution is -2.27. The minimum atomic E-state index is -3.41. The zero-order valence-electron chi connectivity index (χ0n) is 15.5. The van der Waals surface area contributed by atoms with Crippen LogP contribution in [0.1, 0.15) is 22.3 Å². The fraction of sp³-hybridized carbons (Fsp3) is 0.211. The molecule has 1 aliphatic rings. The maximum absolute atomic E-state index is 12.7. The normalized spacial score (nSPS) is 15.6. The number of hydrogen-bond acceptors (Lipinski definition) is 6. The first kappa shape index (κ1) is 18.9. The van der Waals surface area contributed by atoms with Gasteiger partial charge in [0.1, 0.15) is 17.0 Å². The fourth-order valence-electron chi connectivity index (χ4n) is 3.30. The monoisotopic (exact) mass is 414 g/mol. The molecule has 2 aromatic heterocycles. The van der Waals surface area contributed by atoms with Gasteiger partial charge in [0.05, 0.1) is 17.1 Å². The van der Waals surface area contributed by atoms with Crippen LogP contribution in [0.3, 0.4) is 0 Å². The Morgan fingerprint density at radius 1 is 1.28 bits per heavy atom. The van der Waals surface area contributed by atoms with Gasteiger partial charge in [-0.3, -0.25) is 18.3 Å². The molecule has 4 rings (SSSR count). The Labute approximate surface area is 166 Å². The lowest BCUT2D eigenvalue weighted by atomic mass is 10.2. The number of nitrogens with one attached hydrogen (secondary N) is 1. The first-order valence-corrected chi connectivity index (χ1v) is 10.5. The van der Waals surface area contributed by atoms with E-state index in [9.17, 15) is 23.1 Å². The van der Waals surface area contributed by atoms with Crippen LogP contribution in [0.4, 0.5) is 11.4 Å². The molecule has 0 spiro atoms. The maximum atomic E-state index is 12.7. The fourth-order valence-corrected chi connectivity index (χ4v) is 4.86. The third kappa shape index (κ3) is 3.31. The van der Waals surface area contributed by atoms with Crippen LogP contribution in [0.15, 0.2) is 47.5 Å².